The largest absolute Gasteiger partial charge is 0.481 e. The van der Waals surface area contributed by atoms with Crippen LogP contribution in [0.25, 0.3) is 0 Å². The Bertz CT molecular complexity index is 532. The summed E-state index contributed by atoms with van der Waals surface area (Å²) in [7, 11) is 0. The van der Waals surface area contributed by atoms with Crippen LogP contribution in [-0.4, -0.2) is 29.1 Å². The van der Waals surface area contributed by atoms with E-state index in [9.17, 15) is 9.59 Å². The van der Waals surface area contributed by atoms with Gasteiger partial charge in [0.25, 0.3) is 5.91 Å². The van der Waals surface area contributed by atoms with Gasteiger partial charge in [-0.2, -0.15) is 0 Å². The Hall–Kier alpha value is -1.75. The lowest BCUT2D eigenvalue weighted by Crippen LogP contribution is -2.43. The standard InChI is InChI=1S/C14H16ClNO4/c1-2-10(7-13(17)18)16-14(19)12-6-8-5-9(15)3-4-11(8)20-12/h3-5,10,12H,2,6-7H2,1H3,(H,16,19)(H,17,18). The Morgan fingerprint density at radius 2 is 2.30 bits per heavy atom. The number of fused-ring (bicyclic) bond motifs is 1. The third kappa shape index (κ3) is 3.42. The number of hydrogen-bond donors (Lipinski definition) is 2. The van der Waals surface area contributed by atoms with Crippen LogP contribution in [0, 0.1) is 0 Å². The van der Waals surface area contributed by atoms with E-state index in [1.165, 1.54) is 0 Å². The molecular weight excluding hydrogens is 282 g/mol. The molecule has 6 heteroatoms. The van der Waals surface area contributed by atoms with Crippen molar-refractivity contribution in [3.63, 3.8) is 0 Å². The van der Waals surface area contributed by atoms with Crippen LogP contribution in [0.3, 0.4) is 0 Å². The van der Waals surface area contributed by atoms with Crippen LogP contribution in [0.4, 0.5) is 0 Å². The number of halogens is 1. The van der Waals surface area contributed by atoms with Crippen molar-refractivity contribution in [2.24, 2.45) is 0 Å². The zero-order valence-electron chi connectivity index (χ0n) is 11.1. The summed E-state index contributed by atoms with van der Waals surface area (Å²) in [5.41, 5.74) is 0.893. The van der Waals surface area contributed by atoms with Gasteiger partial charge in [-0.3, -0.25) is 9.59 Å². The SMILES string of the molecule is CCC(CC(=O)O)NC(=O)C1Cc2cc(Cl)ccc2O1. The fourth-order valence-corrected chi connectivity index (χ4v) is 2.36. The van der Waals surface area contributed by atoms with Crippen molar-refractivity contribution in [2.75, 3.05) is 0 Å². The number of hydrogen-bond acceptors (Lipinski definition) is 3. The zero-order valence-corrected chi connectivity index (χ0v) is 11.8. The number of carbonyl (C=O) groups excluding carboxylic acids is 1. The molecule has 1 aromatic rings. The predicted octanol–water partition coefficient (Wildman–Crippen LogP) is 2.01. The third-order valence-electron chi connectivity index (χ3n) is 3.25. The Morgan fingerprint density at radius 1 is 1.55 bits per heavy atom. The van der Waals surface area contributed by atoms with E-state index in [1.807, 2.05) is 6.92 Å². The number of ether oxygens (including phenoxy) is 1. The lowest BCUT2D eigenvalue weighted by Gasteiger charge is -2.17. The molecule has 0 saturated carbocycles. The zero-order chi connectivity index (χ0) is 14.7. The Morgan fingerprint density at radius 3 is 2.95 bits per heavy atom. The molecule has 0 aromatic heterocycles. The van der Waals surface area contributed by atoms with Crippen molar-refractivity contribution in [3.05, 3.63) is 28.8 Å². The molecule has 20 heavy (non-hydrogen) atoms. The highest BCUT2D eigenvalue weighted by molar-refractivity contribution is 6.30. The summed E-state index contributed by atoms with van der Waals surface area (Å²) in [6, 6.07) is 4.84. The van der Waals surface area contributed by atoms with E-state index in [0.29, 0.717) is 23.6 Å². The first-order chi connectivity index (χ1) is 9.49. The smallest absolute Gasteiger partial charge is 0.305 e. The number of rotatable bonds is 5. The van der Waals surface area contributed by atoms with E-state index in [0.717, 1.165) is 5.56 Å². The van der Waals surface area contributed by atoms with Gasteiger partial charge in [-0.1, -0.05) is 18.5 Å². The van der Waals surface area contributed by atoms with Crippen molar-refractivity contribution in [1.82, 2.24) is 5.32 Å². The van der Waals surface area contributed by atoms with Gasteiger partial charge in [0.1, 0.15) is 5.75 Å². The van der Waals surface area contributed by atoms with Gasteiger partial charge in [0.15, 0.2) is 6.10 Å². The maximum absolute atomic E-state index is 12.1. The van der Waals surface area contributed by atoms with Crippen LogP contribution in [0.15, 0.2) is 18.2 Å². The minimum Gasteiger partial charge on any atom is -0.481 e. The van der Waals surface area contributed by atoms with Crippen LogP contribution in [0.2, 0.25) is 5.02 Å². The fraction of sp³-hybridized carbons (Fsp3) is 0.429. The molecular formula is C14H16ClNO4. The third-order valence-corrected chi connectivity index (χ3v) is 3.48. The second-order valence-electron chi connectivity index (χ2n) is 4.77. The molecule has 2 rings (SSSR count). The highest BCUT2D eigenvalue weighted by Crippen LogP contribution is 2.31. The van der Waals surface area contributed by atoms with Gasteiger partial charge in [-0.15, -0.1) is 0 Å². The van der Waals surface area contributed by atoms with Crippen LogP contribution in [0.1, 0.15) is 25.3 Å². The summed E-state index contributed by atoms with van der Waals surface area (Å²) in [5.74, 6) is -0.564. The molecule has 1 heterocycles. The van der Waals surface area contributed by atoms with E-state index in [4.69, 9.17) is 21.4 Å². The molecule has 0 saturated heterocycles. The van der Waals surface area contributed by atoms with Crippen molar-refractivity contribution in [3.8, 4) is 5.75 Å². The number of carboxylic acids is 1. The average Bonchev–Trinajstić information content (AvgIpc) is 2.80. The van der Waals surface area contributed by atoms with Crippen molar-refractivity contribution in [2.45, 2.75) is 38.3 Å². The first-order valence-electron chi connectivity index (χ1n) is 6.47. The van der Waals surface area contributed by atoms with Crippen LogP contribution >= 0.6 is 11.6 Å². The highest BCUT2D eigenvalue weighted by Gasteiger charge is 2.30. The number of benzene rings is 1. The molecule has 2 atom stereocenters. The van der Waals surface area contributed by atoms with Gasteiger partial charge >= 0.3 is 5.97 Å². The topological polar surface area (TPSA) is 75.6 Å². The second-order valence-corrected chi connectivity index (χ2v) is 5.21. The van der Waals surface area contributed by atoms with E-state index in [-0.39, 0.29) is 18.4 Å². The fourth-order valence-electron chi connectivity index (χ4n) is 2.17. The molecule has 2 N–H and O–H groups in total. The van der Waals surface area contributed by atoms with Gasteiger partial charge in [0.05, 0.1) is 6.42 Å². The molecule has 0 spiro atoms. The average molecular weight is 298 g/mol. The van der Waals surface area contributed by atoms with Crippen LogP contribution in [0.5, 0.6) is 5.75 Å². The summed E-state index contributed by atoms with van der Waals surface area (Å²) >= 11 is 5.89. The van der Waals surface area contributed by atoms with E-state index < -0.39 is 12.1 Å². The summed E-state index contributed by atoms with van der Waals surface area (Å²) in [4.78, 5) is 22.8. The summed E-state index contributed by atoms with van der Waals surface area (Å²) in [5, 5.41) is 12.1. The van der Waals surface area contributed by atoms with E-state index in [1.54, 1.807) is 18.2 Å². The van der Waals surface area contributed by atoms with E-state index in [2.05, 4.69) is 5.32 Å². The molecule has 1 aliphatic heterocycles. The van der Waals surface area contributed by atoms with Gasteiger partial charge in [0.2, 0.25) is 0 Å². The Balaban J connectivity index is 1.97. The van der Waals surface area contributed by atoms with Crippen molar-refractivity contribution < 1.29 is 19.4 Å². The molecule has 108 valence electrons. The first kappa shape index (κ1) is 14.7. The van der Waals surface area contributed by atoms with E-state index >= 15 is 0 Å². The number of amides is 1. The highest BCUT2D eigenvalue weighted by atomic mass is 35.5. The monoisotopic (exact) mass is 297 g/mol. The number of aliphatic carboxylic acids is 1. The summed E-state index contributed by atoms with van der Waals surface area (Å²) in [6.45, 7) is 1.83. The second kappa shape index (κ2) is 6.13. The quantitative estimate of drug-likeness (QED) is 0.872. The molecule has 0 bridgehead atoms. The maximum atomic E-state index is 12.1. The predicted molar refractivity (Wildman–Crippen MR) is 74.0 cm³/mol. The van der Waals surface area contributed by atoms with Crippen molar-refractivity contribution >= 4 is 23.5 Å². The lowest BCUT2D eigenvalue weighted by atomic mass is 10.1. The Kier molecular flexibility index (Phi) is 4.49. The normalized spacial score (nSPS) is 18.0. The molecule has 1 amide bonds. The molecule has 2 unspecified atom stereocenters. The minimum absolute atomic E-state index is 0.0895. The molecule has 0 radical (unpaired) electrons. The van der Waals surface area contributed by atoms with Gasteiger partial charge in [-0.05, 0) is 30.2 Å². The van der Waals surface area contributed by atoms with Crippen LogP contribution in [-0.2, 0) is 16.0 Å². The van der Waals surface area contributed by atoms with Crippen molar-refractivity contribution in [1.29, 1.82) is 0 Å². The molecule has 1 aromatic carbocycles. The maximum Gasteiger partial charge on any atom is 0.305 e. The number of carbonyl (C=O) groups is 2. The van der Waals surface area contributed by atoms with Gasteiger partial charge in [-0.25, -0.2) is 0 Å². The summed E-state index contributed by atoms with van der Waals surface area (Å²) in [6.07, 6.45) is 0.300. The number of carboxylic acid groups (broad SMARTS) is 1. The number of nitrogens with one attached hydrogen (secondary N) is 1. The Labute approximate surface area is 121 Å². The van der Waals surface area contributed by atoms with Gasteiger partial charge < -0.3 is 15.2 Å². The molecule has 5 nitrogen and oxygen atoms in total. The molecule has 0 fully saturated rings. The summed E-state index contributed by atoms with van der Waals surface area (Å²) < 4.78 is 5.56. The molecule has 0 aliphatic carbocycles. The lowest BCUT2D eigenvalue weighted by molar-refractivity contribution is -0.138. The molecule has 1 aliphatic rings. The minimum atomic E-state index is -0.931. The van der Waals surface area contributed by atoms with Crippen LogP contribution < -0.4 is 10.1 Å². The first-order valence-corrected chi connectivity index (χ1v) is 6.84. The van der Waals surface area contributed by atoms with Gasteiger partial charge in [0, 0.05) is 17.5 Å².